The number of carbonyl (C=O) groups is 1. The van der Waals surface area contributed by atoms with E-state index in [1.165, 1.54) is 0 Å². The highest BCUT2D eigenvalue weighted by Gasteiger charge is 2.13. The molecular weight excluding hydrogens is 340 g/mol. The highest BCUT2D eigenvalue weighted by molar-refractivity contribution is 6.31. The standard InChI is InChI=1S/C17H19ClN6O/c18-14-6-2-1-5-13(14)12-24-17(21-16(22-24)11-15(19)25)7-3-9-23-10-4-8-20-23/h1-2,4-6,8,10H,3,7,9,11-12H2,(H2,19,25). The number of hydrogen-bond donors (Lipinski definition) is 1. The van der Waals surface area contributed by atoms with E-state index in [2.05, 4.69) is 15.2 Å². The van der Waals surface area contributed by atoms with E-state index in [0.29, 0.717) is 17.4 Å². The Morgan fingerprint density at radius 3 is 2.80 bits per heavy atom. The van der Waals surface area contributed by atoms with Gasteiger partial charge in [0.15, 0.2) is 5.82 Å². The predicted molar refractivity (Wildman–Crippen MR) is 94.0 cm³/mol. The number of hydrogen-bond acceptors (Lipinski definition) is 4. The molecule has 0 bridgehead atoms. The fourth-order valence-corrected chi connectivity index (χ4v) is 2.78. The van der Waals surface area contributed by atoms with Gasteiger partial charge in [-0.3, -0.25) is 9.48 Å². The average molecular weight is 359 g/mol. The summed E-state index contributed by atoms with van der Waals surface area (Å²) < 4.78 is 3.67. The van der Waals surface area contributed by atoms with Gasteiger partial charge in [0.1, 0.15) is 5.82 Å². The zero-order valence-corrected chi connectivity index (χ0v) is 14.4. The molecule has 2 heterocycles. The number of nitrogens with zero attached hydrogens (tertiary/aromatic N) is 5. The first-order chi connectivity index (χ1) is 12.1. The molecule has 0 radical (unpaired) electrons. The maximum absolute atomic E-state index is 11.2. The Morgan fingerprint density at radius 2 is 2.08 bits per heavy atom. The van der Waals surface area contributed by atoms with Crippen LogP contribution in [-0.2, 0) is 30.7 Å². The van der Waals surface area contributed by atoms with Gasteiger partial charge in [0.25, 0.3) is 0 Å². The Bertz CT molecular complexity index is 843. The Balaban J connectivity index is 1.75. The zero-order valence-electron chi connectivity index (χ0n) is 13.7. The minimum absolute atomic E-state index is 0.0294. The molecule has 1 aromatic carbocycles. The third-order valence-electron chi connectivity index (χ3n) is 3.75. The molecule has 0 unspecified atom stereocenters. The molecule has 0 saturated carbocycles. The topological polar surface area (TPSA) is 91.6 Å². The summed E-state index contributed by atoms with van der Waals surface area (Å²) in [5.41, 5.74) is 6.22. The molecule has 0 saturated heterocycles. The third kappa shape index (κ3) is 4.67. The van der Waals surface area contributed by atoms with Crippen LogP contribution < -0.4 is 5.73 Å². The van der Waals surface area contributed by atoms with Gasteiger partial charge >= 0.3 is 0 Å². The molecule has 0 aliphatic rings. The van der Waals surface area contributed by atoms with Crippen LogP contribution in [0.1, 0.15) is 23.6 Å². The number of aryl methyl sites for hydroxylation is 2. The minimum Gasteiger partial charge on any atom is -0.369 e. The van der Waals surface area contributed by atoms with Gasteiger partial charge in [-0.1, -0.05) is 29.8 Å². The van der Waals surface area contributed by atoms with E-state index in [9.17, 15) is 4.79 Å². The summed E-state index contributed by atoms with van der Waals surface area (Å²) in [4.78, 5) is 15.6. The summed E-state index contributed by atoms with van der Waals surface area (Å²) in [7, 11) is 0. The van der Waals surface area contributed by atoms with E-state index in [1.807, 2.05) is 41.2 Å². The first kappa shape index (κ1) is 17.2. The van der Waals surface area contributed by atoms with Crippen LogP contribution in [0.4, 0.5) is 0 Å². The van der Waals surface area contributed by atoms with E-state index in [4.69, 9.17) is 17.3 Å². The number of amides is 1. The normalized spacial score (nSPS) is 10.9. The van der Waals surface area contributed by atoms with Crippen LogP contribution in [0.25, 0.3) is 0 Å². The van der Waals surface area contributed by atoms with Crippen molar-refractivity contribution < 1.29 is 4.79 Å². The van der Waals surface area contributed by atoms with Gasteiger partial charge in [-0.2, -0.15) is 10.2 Å². The number of benzene rings is 1. The molecule has 3 rings (SSSR count). The van der Waals surface area contributed by atoms with Crippen LogP contribution in [0.15, 0.2) is 42.7 Å². The lowest BCUT2D eigenvalue weighted by Crippen LogP contribution is -2.15. The molecule has 0 fully saturated rings. The molecular formula is C17H19ClN6O. The lowest BCUT2D eigenvalue weighted by molar-refractivity contribution is -0.117. The molecule has 7 nitrogen and oxygen atoms in total. The smallest absolute Gasteiger partial charge is 0.225 e. The van der Waals surface area contributed by atoms with Crippen LogP contribution in [0.3, 0.4) is 0 Å². The maximum Gasteiger partial charge on any atom is 0.225 e. The lowest BCUT2D eigenvalue weighted by atomic mass is 10.2. The number of halogens is 1. The summed E-state index contributed by atoms with van der Waals surface area (Å²) in [6.07, 6.45) is 5.29. The summed E-state index contributed by atoms with van der Waals surface area (Å²) >= 11 is 6.24. The largest absolute Gasteiger partial charge is 0.369 e. The minimum atomic E-state index is -0.446. The van der Waals surface area contributed by atoms with Crippen molar-refractivity contribution in [2.45, 2.75) is 32.4 Å². The van der Waals surface area contributed by atoms with E-state index in [-0.39, 0.29) is 6.42 Å². The van der Waals surface area contributed by atoms with Crippen molar-refractivity contribution in [2.24, 2.45) is 5.73 Å². The van der Waals surface area contributed by atoms with Crippen LogP contribution in [0.5, 0.6) is 0 Å². The average Bonchev–Trinajstić information content (AvgIpc) is 3.20. The van der Waals surface area contributed by atoms with Crippen LogP contribution >= 0.6 is 11.6 Å². The van der Waals surface area contributed by atoms with E-state index in [0.717, 1.165) is 30.8 Å². The van der Waals surface area contributed by atoms with Gasteiger partial charge in [0.05, 0.1) is 13.0 Å². The molecule has 8 heteroatoms. The van der Waals surface area contributed by atoms with Crippen molar-refractivity contribution in [1.82, 2.24) is 24.5 Å². The van der Waals surface area contributed by atoms with Gasteiger partial charge in [0, 0.05) is 30.4 Å². The highest BCUT2D eigenvalue weighted by Crippen LogP contribution is 2.17. The quantitative estimate of drug-likeness (QED) is 0.665. The number of nitrogens with two attached hydrogens (primary N) is 1. The monoisotopic (exact) mass is 358 g/mol. The molecule has 3 aromatic rings. The Labute approximate surface area is 150 Å². The van der Waals surface area contributed by atoms with Crippen molar-refractivity contribution >= 4 is 17.5 Å². The predicted octanol–water partition coefficient (Wildman–Crippen LogP) is 1.84. The maximum atomic E-state index is 11.2. The van der Waals surface area contributed by atoms with Crippen molar-refractivity contribution in [3.63, 3.8) is 0 Å². The van der Waals surface area contributed by atoms with Crippen molar-refractivity contribution in [3.8, 4) is 0 Å². The van der Waals surface area contributed by atoms with E-state index >= 15 is 0 Å². The van der Waals surface area contributed by atoms with Crippen LogP contribution in [0.2, 0.25) is 5.02 Å². The van der Waals surface area contributed by atoms with Crippen molar-refractivity contribution in [3.05, 3.63) is 65.0 Å². The number of aromatic nitrogens is 5. The summed E-state index contributed by atoms with van der Waals surface area (Å²) in [6, 6.07) is 9.50. The Hall–Kier alpha value is -2.67. The van der Waals surface area contributed by atoms with E-state index < -0.39 is 5.91 Å². The van der Waals surface area contributed by atoms with E-state index in [1.54, 1.807) is 10.9 Å². The molecule has 2 N–H and O–H groups in total. The molecule has 25 heavy (non-hydrogen) atoms. The second-order valence-corrected chi connectivity index (χ2v) is 6.12. The van der Waals surface area contributed by atoms with Crippen molar-refractivity contribution in [1.29, 1.82) is 0 Å². The number of primary amides is 1. The molecule has 2 aromatic heterocycles. The Morgan fingerprint density at radius 1 is 1.24 bits per heavy atom. The second kappa shape index (κ2) is 7.94. The van der Waals surface area contributed by atoms with Gasteiger partial charge in [-0.05, 0) is 24.1 Å². The second-order valence-electron chi connectivity index (χ2n) is 5.71. The molecule has 0 spiro atoms. The lowest BCUT2D eigenvalue weighted by Gasteiger charge is -2.08. The summed E-state index contributed by atoms with van der Waals surface area (Å²) in [5, 5.41) is 9.29. The van der Waals surface area contributed by atoms with Crippen molar-refractivity contribution in [2.75, 3.05) is 0 Å². The van der Waals surface area contributed by atoms with Gasteiger partial charge in [-0.15, -0.1) is 0 Å². The van der Waals surface area contributed by atoms with Gasteiger partial charge in [-0.25, -0.2) is 9.67 Å². The molecule has 1 amide bonds. The fourth-order valence-electron chi connectivity index (χ4n) is 2.59. The molecule has 0 aliphatic carbocycles. The first-order valence-electron chi connectivity index (χ1n) is 8.03. The molecule has 130 valence electrons. The SMILES string of the molecule is NC(=O)Cc1nc(CCCn2cccn2)n(Cc2ccccc2Cl)n1. The third-order valence-corrected chi connectivity index (χ3v) is 4.12. The van der Waals surface area contributed by atoms with Gasteiger partial charge < -0.3 is 5.73 Å². The highest BCUT2D eigenvalue weighted by atomic mass is 35.5. The fraction of sp³-hybridized carbons (Fsp3) is 0.294. The van der Waals surface area contributed by atoms with Crippen LogP contribution in [0, 0.1) is 0 Å². The molecule has 0 aliphatic heterocycles. The number of carbonyl (C=O) groups excluding carboxylic acids is 1. The summed E-state index contributed by atoms with van der Waals surface area (Å²) in [6.45, 7) is 1.29. The summed E-state index contributed by atoms with van der Waals surface area (Å²) in [5.74, 6) is 0.801. The molecule has 0 atom stereocenters. The first-order valence-corrected chi connectivity index (χ1v) is 8.41. The zero-order chi connectivity index (χ0) is 17.6. The number of rotatable bonds is 8. The van der Waals surface area contributed by atoms with Crippen LogP contribution in [-0.4, -0.2) is 30.5 Å². The van der Waals surface area contributed by atoms with Gasteiger partial charge in [0.2, 0.25) is 5.91 Å². The Kier molecular flexibility index (Phi) is 5.45.